The van der Waals surface area contributed by atoms with Gasteiger partial charge in [0.1, 0.15) is 11.5 Å². The summed E-state index contributed by atoms with van der Waals surface area (Å²) >= 11 is 7.38. The summed E-state index contributed by atoms with van der Waals surface area (Å²) in [5.74, 6) is -0.545. The molecule has 4 rings (SSSR count). The summed E-state index contributed by atoms with van der Waals surface area (Å²) in [6.07, 6.45) is 1.78. The standard InChI is InChI=1S/C19H13ClFN3OS/c1-11-2-5-13(20)8-15(11)22-18(25)17-10-26-19-23-16(9-24(17)19)12-3-6-14(21)7-4-12/h2-10H,1H3,(H,22,25). The molecule has 2 aromatic carbocycles. The molecular weight excluding hydrogens is 373 g/mol. The molecule has 0 saturated carbocycles. The molecule has 0 radical (unpaired) electrons. The lowest BCUT2D eigenvalue weighted by Crippen LogP contribution is -2.14. The SMILES string of the molecule is Cc1ccc(Cl)cc1NC(=O)c1csc2nc(-c3ccc(F)cc3)cn12. The first-order chi connectivity index (χ1) is 12.5. The minimum absolute atomic E-state index is 0.246. The first kappa shape index (κ1) is 16.8. The van der Waals surface area contributed by atoms with Crippen LogP contribution in [0.15, 0.2) is 54.0 Å². The highest BCUT2D eigenvalue weighted by atomic mass is 35.5. The third kappa shape index (κ3) is 3.09. The number of hydrogen-bond acceptors (Lipinski definition) is 3. The average molecular weight is 386 g/mol. The predicted octanol–water partition coefficient (Wildman–Crippen LogP) is 5.42. The molecule has 1 N–H and O–H groups in total. The second kappa shape index (κ2) is 6.55. The molecule has 0 aliphatic rings. The van der Waals surface area contributed by atoms with Gasteiger partial charge in [0.25, 0.3) is 5.91 Å². The maximum Gasteiger partial charge on any atom is 0.273 e. The Bertz CT molecular complexity index is 1120. The molecule has 1 amide bonds. The number of aryl methyl sites for hydroxylation is 1. The van der Waals surface area contributed by atoms with Crippen molar-refractivity contribution in [2.75, 3.05) is 5.32 Å². The number of thiazole rings is 1. The first-order valence-electron chi connectivity index (χ1n) is 7.81. The van der Waals surface area contributed by atoms with Gasteiger partial charge in [0, 0.05) is 27.9 Å². The van der Waals surface area contributed by atoms with Crippen molar-refractivity contribution in [2.45, 2.75) is 6.92 Å². The fourth-order valence-electron chi connectivity index (χ4n) is 2.62. The summed E-state index contributed by atoms with van der Waals surface area (Å²) in [4.78, 5) is 17.9. The maximum absolute atomic E-state index is 13.1. The number of amides is 1. The number of rotatable bonds is 3. The van der Waals surface area contributed by atoms with E-state index in [-0.39, 0.29) is 11.7 Å². The van der Waals surface area contributed by atoms with E-state index in [1.54, 1.807) is 40.2 Å². The van der Waals surface area contributed by atoms with E-state index in [4.69, 9.17) is 11.6 Å². The zero-order valence-electron chi connectivity index (χ0n) is 13.7. The van der Waals surface area contributed by atoms with Crippen LogP contribution in [0.5, 0.6) is 0 Å². The topological polar surface area (TPSA) is 46.4 Å². The number of nitrogens with one attached hydrogen (secondary N) is 1. The molecule has 0 fully saturated rings. The number of hydrogen-bond donors (Lipinski definition) is 1. The number of imidazole rings is 1. The maximum atomic E-state index is 13.1. The van der Waals surface area contributed by atoms with E-state index in [1.165, 1.54) is 23.5 Å². The molecule has 2 aromatic heterocycles. The van der Waals surface area contributed by atoms with Crippen molar-refractivity contribution >= 4 is 39.5 Å². The van der Waals surface area contributed by atoms with E-state index in [9.17, 15) is 9.18 Å². The zero-order chi connectivity index (χ0) is 18.3. The van der Waals surface area contributed by atoms with Crippen molar-refractivity contribution in [3.8, 4) is 11.3 Å². The second-order valence-corrected chi connectivity index (χ2v) is 7.09. The monoisotopic (exact) mass is 385 g/mol. The van der Waals surface area contributed by atoms with Gasteiger partial charge >= 0.3 is 0 Å². The lowest BCUT2D eigenvalue weighted by molar-refractivity contribution is 0.102. The molecule has 0 unspecified atom stereocenters. The Hall–Kier alpha value is -2.70. The summed E-state index contributed by atoms with van der Waals surface area (Å²) in [5, 5.41) is 5.20. The Morgan fingerprint density at radius 2 is 2.00 bits per heavy atom. The number of benzene rings is 2. The molecule has 130 valence electrons. The molecule has 4 aromatic rings. The van der Waals surface area contributed by atoms with Gasteiger partial charge in [0.05, 0.1) is 5.69 Å². The van der Waals surface area contributed by atoms with Crippen LogP contribution in [0.4, 0.5) is 10.1 Å². The molecule has 0 bridgehead atoms. The van der Waals surface area contributed by atoms with Crippen LogP contribution in [0.1, 0.15) is 16.1 Å². The van der Waals surface area contributed by atoms with Gasteiger partial charge in [-0.2, -0.15) is 0 Å². The number of fused-ring (bicyclic) bond motifs is 1. The predicted molar refractivity (Wildman–Crippen MR) is 103 cm³/mol. The Kier molecular flexibility index (Phi) is 4.22. The Labute approximate surface area is 157 Å². The third-order valence-corrected chi connectivity index (χ3v) is 5.10. The fraction of sp³-hybridized carbons (Fsp3) is 0.0526. The van der Waals surface area contributed by atoms with Crippen molar-refractivity contribution in [3.05, 3.63) is 76.1 Å². The van der Waals surface area contributed by atoms with Crippen LogP contribution in [0, 0.1) is 12.7 Å². The van der Waals surface area contributed by atoms with E-state index in [2.05, 4.69) is 10.3 Å². The summed E-state index contributed by atoms with van der Waals surface area (Å²) in [6, 6.07) is 11.5. The lowest BCUT2D eigenvalue weighted by Gasteiger charge is -2.08. The van der Waals surface area contributed by atoms with Gasteiger partial charge in [-0.15, -0.1) is 11.3 Å². The second-order valence-electron chi connectivity index (χ2n) is 5.82. The highest BCUT2D eigenvalue weighted by Crippen LogP contribution is 2.25. The molecule has 0 aliphatic heterocycles. The number of carbonyl (C=O) groups excluding carboxylic acids is 1. The molecule has 2 heterocycles. The normalized spacial score (nSPS) is 11.0. The zero-order valence-corrected chi connectivity index (χ0v) is 15.2. The number of halogens is 2. The minimum atomic E-state index is -0.299. The van der Waals surface area contributed by atoms with E-state index >= 15 is 0 Å². The average Bonchev–Trinajstić information content (AvgIpc) is 3.19. The number of carbonyl (C=O) groups is 1. The fourth-order valence-corrected chi connectivity index (χ4v) is 3.65. The van der Waals surface area contributed by atoms with Crippen molar-refractivity contribution in [1.82, 2.24) is 9.38 Å². The van der Waals surface area contributed by atoms with Crippen molar-refractivity contribution in [1.29, 1.82) is 0 Å². The van der Waals surface area contributed by atoms with Crippen LogP contribution in [0.2, 0.25) is 5.02 Å². The number of aromatic nitrogens is 2. The molecular formula is C19H13ClFN3OS. The molecule has 0 atom stereocenters. The van der Waals surface area contributed by atoms with Crippen LogP contribution in [-0.4, -0.2) is 15.3 Å². The van der Waals surface area contributed by atoms with Crippen molar-refractivity contribution < 1.29 is 9.18 Å². The van der Waals surface area contributed by atoms with Crippen LogP contribution in [0.3, 0.4) is 0 Å². The van der Waals surface area contributed by atoms with Crippen molar-refractivity contribution in [3.63, 3.8) is 0 Å². The molecule has 4 nitrogen and oxygen atoms in total. The van der Waals surface area contributed by atoms with Crippen LogP contribution < -0.4 is 5.32 Å². The Balaban J connectivity index is 1.67. The van der Waals surface area contributed by atoms with Crippen LogP contribution in [-0.2, 0) is 0 Å². The summed E-state index contributed by atoms with van der Waals surface area (Å²) < 4.78 is 14.8. The minimum Gasteiger partial charge on any atom is -0.320 e. The van der Waals surface area contributed by atoms with Gasteiger partial charge in [-0.3, -0.25) is 9.20 Å². The van der Waals surface area contributed by atoms with Gasteiger partial charge in [-0.05, 0) is 48.9 Å². The molecule has 7 heteroatoms. The van der Waals surface area contributed by atoms with E-state index in [0.717, 1.165) is 11.1 Å². The van der Waals surface area contributed by atoms with Crippen LogP contribution in [0.25, 0.3) is 16.2 Å². The molecule has 0 spiro atoms. The van der Waals surface area contributed by atoms with E-state index < -0.39 is 0 Å². The highest BCUT2D eigenvalue weighted by Gasteiger charge is 2.16. The smallest absolute Gasteiger partial charge is 0.273 e. The summed E-state index contributed by atoms with van der Waals surface area (Å²) in [6.45, 7) is 1.90. The summed E-state index contributed by atoms with van der Waals surface area (Å²) in [7, 11) is 0. The highest BCUT2D eigenvalue weighted by molar-refractivity contribution is 7.15. The van der Waals surface area contributed by atoms with E-state index in [1.807, 2.05) is 13.0 Å². The van der Waals surface area contributed by atoms with Crippen molar-refractivity contribution in [2.24, 2.45) is 0 Å². The van der Waals surface area contributed by atoms with Gasteiger partial charge in [-0.1, -0.05) is 17.7 Å². The third-order valence-electron chi connectivity index (χ3n) is 4.03. The van der Waals surface area contributed by atoms with Gasteiger partial charge in [0.2, 0.25) is 0 Å². The summed E-state index contributed by atoms with van der Waals surface area (Å²) in [5.41, 5.74) is 3.54. The van der Waals surface area contributed by atoms with Crippen LogP contribution >= 0.6 is 22.9 Å². The largest absolute Gasteiger partial charge is 0.320 e. The lowest BCUT2D eigenvalue weighted by atomic mass is 10.2. The van der Waals surface area contributed by atoms with Gasteiger partial charge in [0.15, 0.2) is 4.96 Å². The molecule has 26 heavy (non-hydrogen) atoms. The number of nitrogens with zero attached hydrogens (tertiary/aromatic N) is 2. The molecule has 0 aliphatic carbocycles. The van der Waals surface area contributed by atoms with Gasteiger partial charge in [-0.25, -0.2) is 9.37 Å². The molecule has 0 saturated heterocycles. The quantitative estimate of drug-likeness (QED) is 0.512. The van der Waals surface area contributed by atoms with E-state index in [0.29, 0.717) is 27.1 Å². The first-order valence-corrected chi connectivity index (χ1v) is 9.07. The van der Waals surface area contributed by atoms with Gasteiger partial charge < -0.3 is 5.32 Å². The number of anilines is 1. The Morgan fingerprint density at radius 1 is 1.23 bits per heavy atom. The Morgan fingerprint density at radius 3 is 2.77 bits per heavy atom.